The Labute approximate surface area is 92.2 Å². The van der Waals surface area contributed by atoms with Crippen molar-refractivity contribution < 1.29 is 9.67 Å². The molecule has 0 aromatic rings. The van der Waals surface area contributed by atoms with E-state index in [1.807, 2.05) is 13.3 Å². The summed E-state index contributed by atoms with van der Waals surface area (Å²) in [5.41, 5.74) is 0.0554. The summed E-state index contributed by atoms with van der Waals surface area (Å²) in [6.07, 6.45) is 4.24. The molecule has 3 nitrogen and oxygen atoms in total. The lowest BCUT2D eigenvalue weighted by atomic mass is 9.92. The van der Waals surface area contributed by atoms with Crippen LogP contribution in [0.1, 0.15) is 19.3 Å². The van der Waals surface area contributed by atoms with E-state index in [4.69, 9.17) is 0 Å². The van der Waals surface area contributed by atoms with Crippen LogP contribution in [-0.4, -0.2) is 54.7 Å². The second-order valence-electron chi connectivity index (χ2n) is 5.76. The highest BCUT2D eigenvalue weighted by Gasteiger charge is 2.48. The molecule has 2 fully saturated rings. The van der Waals surface area contributed by atoms with Crippen molar-refractivity contribution in [2.75, 3.05) is 39.2 Å². The number of rotatable bonds is 3. The van der Waals surface area contributed by atoms with Crippen LogP contribution >= 0.6 is 7.14 Å². The van der Waals surface area contributed by atoms with Crippen LogP contribution in [0, 0.1) is 5.92 Å². The minimum atomic E-state index is -1.90. The zero-order valence-electron chi connectivity index (χ0n) is 9.78. The van der Waals surface area contributed by atoms with Crippen LogP contribution in [-0.2, 0) is 4.57 Å². The molecule has 0 aromatic heterocycles. The molecule has 0 bridgehead atoms. The molecule has 2 aliphatic heterocycles. The summed E-state index contributed by atoms with van der Waals surface area (Å²) in [7, 11) is -1.90. The van der Waals surface area contributed by atoms with Gasteiger partial charge in [-0.25, -0.2) is 0 Å². The van der Waals surface area contributed by atoms with Gasteiger partial charge in [0.2, 0.25) is 0 Å². The maximum atomic E-state index is 11.8. The molecule has 4 heteroatoms. The molecule has 1 N–H and O–H groups in total. The monoisotopic (exact) mass is 231 g/mol. The van der Waals surface area contributed by atoms with Crippen molar-refractivity contribution >= 4 is 7.14 Å². The van der Waals surface area contributed by atoms with Crippen LogP contribution in [0.15, 0.2) is 0 Å². The van der Waals surface area contributed by atoms with Gasteiger partial charge in [-0.1, -0.05) is 0 Å². The highest BCUT2D eigenvalue weighted by molar-refractivity contribution is 7.62. The fourth-order valence-corrected chi connectivity index (χ4v) is 4.90. The second-order valence-corrected chi connectivity index (χ2v) is 9.27. The molecule has 0 radical (unpaired) electrons. The smallest absolute Gasteiger partial charge is 0.0822 e. The highest BCUT2D eigenvalue weighted by Crippen LogP contribution is 2.47. The summed E-state index contributed by atoms with van der Waals surface area (Å²) in [6, 6.07) is 0. The van der Waals surface area contributed by atoms with Gasteiger partial charge in [0.15, 0.2) is 0 Å². The van der Waals surface area contributed by atoms with Crippen molar-refractivity contribution in [1.82, 2.24) is 4.90 Å². The second kappa shape index (κ2) is 3.87. The lowest BCUT2D eigenvalue weighted by Gasteiger charge is -2.29. The molecule has 0 saturated carbocycles. The quantitative estimate of drug-likeness (QED) is 0.747. The molecule has 2 atom stereocenters. The Bertz CT molecular complexity index is 288. The minimum absolute atomic E-state index is 0.0554. The van der Waals surface area contributed by atoms with E-state index in [-0.39, 0.29) is 12.1 Å². The van der Waals surface area contributed by atoms with Crippen LogP contribution in [0.5, 0.6) is 0 Å². The van der Waals surface area contributed by atoms with Crippen molar-refractivity contribution in [2.45, 2.75) is 24.8 Å². The Morgan fingerprint density at radius 3 is 2.80 bits per heavy atom. The summed E-state index contributed by atoms with van der Waals surface area (Å²) in [5, 5.41) is 9.53. The predicted octanol–water partition coefficient (Wildman–Crippen LogP) is 1.46. The molecule has 0 unspecified atom stereocenters. The van der Waals surface area contributed by atoms with Gasteiger partial charge in [0.25, 0.3) is 0 Å². The summed E-state index contributed by atoms with van der Waals surface area (Å²) in [5.74, 6) is 0.540. The topological polar surface area (TPSA) is 40.5 Å². The van der Waals surface area contributed by atoms with Gasteiger partial charge in [0.1, 0.15) is 0 Å². The molecule has 0 aromatic carbocycles. The molecule has 15 heavy (non-hydrogen) atoms. The van der Waals surface area contributed by atoms with Gasteiger partial charge in [0.05, 0.1) is 13.7 Å². The minimum Gasteiger partial charge on any atom is -0.394 e. The first-order valence-electron chi connectivity index (χ1n) is 5.85. The average molecular weight is 231 g/mol. The molecule has 2 rings (SSSR count). The molecular formula is C11H22NO2P. The van der Waals surface area contributed by atoms with Gasteiger partial charge >= 0.3 is 0 Å². The first-order valence-corrected chi connectivity index (χ1v) is 8.64. The first-order chi connectivity index (χ1) is 6.95. The van der Waals surface area contributed by atoms with E-state index in [0.29, 0.717) is 5.92 Å². The maximum Gasteiger partial charge on any atom is 0.0822 e. The average Bonchev–Trinajstić information content (AvgIpc) is 2.57. The Balaban J connectivity index is 2.02. The van der Waals surface area contributed by atoms with E-state index in [1.165, 1.54) is 6.42 Å². The fourth-order valence-electron chi connectivity index (χ4n) is 3.41. The lowest BCUT2D eigenvalue weighted by Crippen LogP contribution is -2.41. The first kappa shape index (κ1) is 11.6. The standard InChI is InChI=1S/C11H22NO2P/c1-15(2,14)8-10-6-11(9-13)4-3-5-12(11)7-10/h10,13H,3-9H2,1-2H3/t10-,11+/m1/s1. The summed E-state index contributed by atoms with van der Waals surface area (Å²) < 4.78 is 11.8. The number of hydrogen-bond donors (Lipinski definition) is 1. The van der Waals surface area contributed by atoms with Gasteiger partial charge in [0, 0.05) is 18.2 Å². The number of nitrogens with zero attached hydrogens (tertiary/aromatic N) is 1. The number of aliphatic hydroxyl groups excluding tert-OH is 1. The third-order valence-electron chi connectivity index (χ3n) is 3.88. The summed E-state index contributed by atoms with van der Waals surface area (Å²) in [6.45, 7) is 6.20. The molecule has 2 aliphatic rings. The maximum absolute atomic E-state index is 11.8. The third kappa shape index (κ3) is 2.30. The van der Waals surface area contributed by atoms with Gasteiger partial charge in [-0.05, 0) is 45.1 Å². The Hall–Kier alpha value is 0.150. The van der Waals surface area contributed by atoms with Crippen molar-refractivity contribution in [2.24, 2.45) is 5.92 Å². The molecular weight excluding hydrogens is 209 g/mol. The van der Waals surface area contributed by atoms with Crippen LogP contribution < -0.4 is 0 Å². The number of aliphatic hydroxyl groups is 1. The van der Waals surface area contributed by atoms with E-state index < -0.39 is 7.14 Å². The number of hydrogen-bond acceptors (Lipinski definition) is 3. The third-order valence-corrected chi connectivity index (χ3v) is 5.28. The lowest BCUT2D eigenvalue weighted by molar-refractivity contribution is 0.0998. The number of fused-ring (bicyclic) bond motifs is 1. The van der Waals surface area contributed by atoms with Gasteiger partial charge in [-0.15, -0.1) is 0 Å². The Morgan fingerprint density at radius 2 is 2.27 bits per heavy atom. The normalized spacial score (nSPS) is 37.1. The van der Waals surface area contributed by atoms with Gasteiger partial charge < -0.3 is 9.67 Å². The largest absolute Gasteiger partial charge is 0.394 e. The van der Waals surface area contributed by atoms with Gasteiger partial charge in [-0.3, -0.25) is 4.90 Å². The predicted molar refractivity (Wildman–Crippen MR) is 63.1 cm³/mol. The van der Waals surface area contributed by atoms with E-state index in [2.05, 4.69) is 4.90 Å². The van der Waals surface area contributed by atoms with Crippen LogP contribution in [0.2, 0.25) is 0 Å². The van der Waals surface area contributed by atoms with Gasteiger partial charge in [-0.2, -0.15) is 0 Å². The van der Waals surface area contributed by atoms with Crippen LogP contribution in [0.3, 0.4) is 0 Å². The molecule has 2 saturated heterocycles. The van der Waals surface area contributed by atoms with Crippen molar-refractivity contribution in [3.05, 3.63) is 0 Å². The summed E-state index contributed by atoms with van der Waals surface area (Å²) >= 11 is 0. The van der Waals surface area contributed by atoms with E-state index in [0.717, 1.165) is 32.1 Å². The van der Waals surface area contributed by atoms with E-state index >= 15 is 0 Å². The van der Waals surface area contributed by atoms with Crippen molar-refractivity contribution in [3.8, 4) is 0 Å². The SMILES string of the molecule is CP(C)(=O)C[C@H]1CN2CCC[C@@]2(CO)C1. The fraction of sp³-hybridized carbons (Fsp3) is 1.00. The molecule has 0 amide bonds. The molecule has 0 spiro atoms. The van der Waals surface area contributed by atoms with Crippen molar-refractivity contribution in [3.63, 3.8) is 0 Å². The molecule has 0 aliphatic carbocycles. The van der Waals surface area contributed by atoms with E-state index in [1.54, 1.807) is 0 Å². The summed E-state index contributed by atoms with van der Waals surface area (Å²) in [4.78, 5) is 2.42. The van der Waals surface area contributed by atoms with Crippen LogP contribution in [0.4, 0.5) is 0 Å². The highest BCUT2D eigenvalue weighted by atomic mass is 31.2. The molecule has 2 heterocycles. The van der Waals surface area contributed by atoms with Crippen LogP contribution in [0.25, 0.3) is 0 Å². The molecule has 88 valence electrons. The van der Waals surface area contributed by atoms with E-state index in [9.17, 15) is 9.67 Å². The zero-order valence-corrected chi connectivity index (χ0v) is 10.7. The Morgan fingerprint density at radius 1 is 1.53 bits per heavy atom. The van der Waals surface area contributed by atoms with Crippen molar-refractivity contribution in [1.29, 1.82) is 0 Å². The Kier molecular flexibility index (Phi) is 3.00. The zero-order chi connectivity index (χ0) is 11.1.